The lowest BCUT2D eigenvalue weighted by Gasteiger charge is -2.08. The van der Waals surface area contributed by atoms with Gasteiger partial charge in [0, 0.05) is 27.4 Å². The molecule has 0 aliphatic carbocycles. The molecule has 0 aliphatic rings. The molecule has 0 saturated heterocycles. The number of carbonyl (C=O) groups excluding carboxylic acids is 1. The number of hydrogen-bond acceptors (Lipinski definition) is 3. The van der Waals surface area contributed by atoms with Gasteiger partial charge in [0.15, 0.2) is 0 Å². The number of nitrogens with one attached hydrogen (secondary N) is 1. The Hall–Kier alpha value is -1.46. The summed E-state index contributed by atoms with van der Waals surface area (Å²) in [5.41, 5.74) is 1.02. The summed E-state index contributed by atoms with van der Waals surface area (Å²) in [6, 6.07) is 15.8. The van der Waals surface area contributed by atoms with Crippen molar-refractivity contribution >= 4 is 47.8 Å². The molecule has 0 unspecified atom stereocenters. The second kappa shape index (κ2) is 12.8. The Kier molecular flexibility index (Phi) is 11.2. The third-order valence-corrected chi connectivity index (χ3v) is 5.06. The molecule has 27 heavy (non-hydrogen) atoms. The topological polar surface area (TPSA) is 32.3 Å². The van der Waals surface area contributed by atoms with E-state index in [4.69, 9.17) is 11.6 Å². The van der Waals surface area contributed by atoms with Crippen LogP contribution in [0.1, 0.15) is 18.4 Å². The lowest BCUT2D eigenvalue weighted by molar-refractivity contribution is -0.116. The van der Waals surface area contributed by atoms with E-state index < -0.39 is 0 Å². The molecule has 0 heterocycles. The highest BCUT2D eigenvalue weighted by molar-refractivity contribution is 7.99. The average Bonchev–Trinajstić information content (AvgIpc) is 2.62. The quantitative estimate of drug-likeness (QED) is 0.432. The second-order valence-electron chi connectivity index (χ2n) is 6.23. The molecule has 0 radical (unpaired) electrons. The molecular formula is C21H26Cl2N2OS. The molecule has 0 fully saturated rings. The van der Waals surface area contributed by atoms with Gasteiger partial charge < -0.3 is 10.2 Å². The van der Waals surface area contributed by atoms with E-state index in [-0.39, 0.29) is 18.3 Å². The summed E-state index contributed by atoms with van der Waals surface area (Å²) in [6.07, 6.45) is 5.54. The van der Waals surface area contributed by atoms with Crippen molar-refractivity contribution in [3.05, 3.63) is 65.2 Å². The molecule has 2 aromatic carbocycles. The molecule has 0 atom stereocenters. The molecular weight excluding hydrogens is 399 g/mol. The van der Waals surface area contributed by atoms with Gasteiger partial charge in [-0.3, -0.25) is 4.79 Å². The number of rotatable bonds is 9. The van der Waals surface area contributed by atoms with Gasteiger partial charge in [-0.15, -0.1) is 12.4 Å². The maximum atomic E-state index is 12.0. The van der Waals surface area contributed by atoms with Gasteiger partial charge in [-0.1, -0.05) is 41.6 Å². The van der Waals surface area contributed by atoms with Crippen LogP contribution in [0.25, 0.3) is 6.08 Å². The van der Waals surface area contributed by atoms with Crippen LogP contribution in [0.5, 0.6) is 0 Å². The summed E-state index contributed by atoms with van der Waals surface area (Å²) in [5.74, 6) is -0.0545. The van der Waals surface area contributed by atoms with E-state index in [1.165, 1.54) is 0 Å². The Labute approximate surface area is 177 Å². The minimum Gasteiger partial charge on any atom is -0.353 e. The van der Waals surface area contributed by atoms with Crippen molar-refractivity contribution in [1.82, 2.24) is 10.2 Å². The maximum Gasteiger partial charge on any atom is 0.243 e. The van der Waals surface area contributed by atoms with Crippen LogP contribution in [-0.4, -0.2) is 38.0 Å². The van der Waals surface area contributed by atoms with Gasteiger partial charge in [0.05, 0.1) is 0 Å². The van der Waals surface area contributed by atoms with Gasteiger partial charge in [0.1, 0.15) is 0 Å². The van der Waals surface area contributed by atoms with E-state index in [2.05, 4.69) is 30.4 Å². The molecule has 0 saturated carbocycles. The Morgan fingerprint density at radius 3 is 2.52 bits per heavy atom. The minimum atomic E-state index is -0.0545. The van der Waals surface area contributed by atoms with Crippen LogP contribution in [0.4, 0.5) is 0 Å². The van der Waals surface area contributed by atoms with E-state index in [1.54, 1.807) is 17.8 Å². The van der Waals surface area contributed by atoms with Crippen LogP contribution in [0.3, 0.4) is 0 Å². The highest BCUT2D eigenvalue weighted by Gasteiger charge is 2.03. The third-order valence-electron chi connectivity index (χ3n) is 3.71. The maximum absolute atomic E-state index is 12.0. The molecule has 6 heteroatoms. The van der Waals surface area contributed by atoms with Gasteiger partial charge >= 0.3 is 0 Å². The average molecular weight is 425 g/mol. The van der Waals surface area contributed by atoms with E-state index in [1.807, 2.05) is 48.5 Å². The van der Waals surface area contributed by atoms with Gasteiger partial charge in [0.25, 0.3) is 0 Å². The zero-order valence-electron chi connectivity index (χ0n) is 15.7. The van der Waals surface area contributed by atoms with E-state index in [0.717, 1.165) is 39.8 Å². The third kappa shape index (κ3) is 9.34. The SMILES string of the molecule is CN(C)CCCCNC(=O)/C=C/c1ccccc1Sc1ccc(Cl)cc1.Cl. The van der Waals surface area contributed by atoms with Gasteiger partial charge in [-0.2, -0.15) is 0 Å². The molecule has 1 amide bonds. The van der Waals surface area contributed by atoms with Crippen LogP contribution < -0.4 is 5.32 Å². The van der Waals surface area contributed by atoms with Crippen LogP contribution in [0, 0.1) is 0 Å². The van der Waals surface area contributed by atoms with Crippen molar-refractivity contribution in [3.63, 3.8) is 0 Å². The summed E-state index contributed by atoms with van der Waals surface area (Å²) in [6.45, 7) is 1.75. The first-order chi connectivity index (χ1) is 12.5. The number of carbonyl (C=O) groups is 1. The molecule has 0 aliphatic heterocycles. The summed E-state index contributed by atoms with van der Waals surface area (Å²) >= 11 is 7.60. The van der Waals surface area contributed by atoms with Crippen molar-refractivity contribution in [3.8, 4) is 0 Å². The highest BCUT2D eigenvalue weighted by atomic mass is 35.5. The van der Waals surface area contributed by atoms with Crippen molar-refractivity contribution < 1.29 is 4.79 Å². The van der Waals surface area contributed by atoms with Crippen LogP contribution >= 0.6 is 35.8 Å². The summed E-state index contributed by atoms with van der Waals surface area (Å²) < 4.78 is 0. The Morgan fingerprint density at radius 2 is 1.81 bits per heavy atom. The van der Waals surface area contributed by atoms with E-state index in [9.17, 15) is 4.79 Å². The Balaban J connectivity index is 0.00000364. The lowest BCUT2D eigenvalue weighted by Crippen LogP contribution is -2.23. The first-order valence-electron chi connectivity index (χ1n) is 8.67. The standard InChI is InChI=1S/C21H25ClN2OS.ClH/c1-24(2)16-6-5-15-23-21(25)14-9-17-7-3-4-8-20(17)26-19-12-10-18(22)11-13-19;/h3-4,7-14H,5-6,15-16H2,1-2H3,(H,23,25);1H/b14-9+;. The Bertz CT molecular complexity index is 733. The number of benzene rings is 2. The predicted molar refractivity (Wildman–Crippen MR) is 119 cm³/mol. The molecule has 146 valence electrons. The van der Waals surface area contributed by atoms with Crippen molar-refractivity contribution in [2.45, 2.75) is 22.6 Å². The zero-order chi connectivity index (χ0) is 18.8. The first kappa shape index (κ1) is 23.6. The molecule has 2 aromatic rings. The summed E-state index contributed by atoms with van der Waals surface area (Å²) in [5, 5.41) is 3.66. The molecule has 0 spiro atoms. The summed E-state index contributed by atoms with van der Waals surface area (Å²) in [7, 11) is 4.11. The fourth-order valence-electron chi connectivity index (χ4n) is 2.33. The van der Waals surface area contributed by atoms with Crippen LogP contribution in [0.2, 0.25) is 5.02 Å². The zero-order valence-corrected chi connectivity index (χ0v) is 18.0. The number of hydrogen-bond donors (Lipinski definition) is 1. The van der Waals surface area contributed by atoms with E-state index in [0.29, 0.717) is 6.54 Å². The Morgan fingerprint density at radius 1 is 1.11 bits per heavy atom. The number of nitrogens with zero attached hydrogens (tertiary/aromatic N) is 1. The highest BCUT2D eigenvalue weighted by Crippen LogP contribution is 2.31. The summed E-state index contributed by atoms with van der Waals surface area (Å²) in [4.78, 5) is 16.4. The van der Waals surface area contributed by atoms with Crippen LogP contribution in [-0.2, 0) is 4.79 Å². The van der Waals surface area contributed by atoms with Gasteiger partial charge in [-0.05, 0) is 75.5 Å². The second-order valence-corrected chi connectivity index (χ2v) is 7.78. The first-order valence-corrected chi connectivity index (χ1v) is 9.87. The van der Waals surface area contributed by atoms with Crippen LogP contribution in [0.15, 0.2) is 64.4 Å². The van der Waals surface area contributed by atoms with Gasteiger partial charge in [0.2, 0.25) is 5.91 Å². The largest absolute Gasteiger partial charge is 0.353 e. The fourth-order valence-corrected chi connectivity index (χ4v) is 3.38. The number of amides is 1. The van der Waals surface area contributed by atoms with E-state index >= 15 is 0 Å². The monoisotopic (exact) mass is 424 g/mol. The van der Waals surface area contributed by atoms with Gasteiger partial charge in [-0.25, -0.2) is 0 Å². The van der Waals surface area contributed by atoms with Crippen molar-refractivity contribution in [1.29, 1.82) is 0 Å². The molecule has 0 aromatic heterocycles. The fraction of sp³-hybridized carbons (Fsp3) is 0.286. The molecule has 2 rings (SSSR count). The lowest BCUT2D eigenvalue weighted by atomic mass is 10.2. The predicted octanol–water partition coefficient (Wildman–Crippen LogP) is 5.38. The normalized spacial score (nSPS) is 10.8. The number of halogens is 2. The smallest absolute Gasteiger partial charge is 0.243 e. The molecule has 0 bridgehead atoms. The molecule has 1 N–H and O–H groups in total. The minimum absolute atomic E-state index is 0. The van der Waals surface area contributed by atoms with Crippen molar-refractivity contribution in [2.24, 2.45) is 0 Å². The molecule has 3 nitrogen and oxygen atoms in total. The number of unbranched alkanes of at least 4 members (excludes halogenated alkanes) is 1. The van der Waals surface area contributed by atoms with Crippen molar-refractivity contribution in [2.75, 3.05) is 27.2 Å².